The lowest BCUT2D eigenvalue weighted by atomic mass is 10.0. The standard InChI is InChI=1S/C62H120O6/c1-4-7-10-13-16-19-20-21-22-23-24-25-26-27-28-29-30-31-32-33-34-35-36-37-38-39-40-41-42-44-46-49-52-55-61(64)67-58-59(57-66-60(63)54-51-48-45-18-15-12-9-6-3)68-62(65)56-53-50-47-43-17-14-11-8-5-2/h59H,4-58H2,1-3H3. The van der Waals surface area contributed by atoms with E-state index in [0.717, 1.165) is 57.8 Å². The molecule has 0 aromatic carbocycles. The molecule has 0 radical (unpaired) electrons. The van der Waals surface area contributed by atoms with Gasteiger partial charge < -0.3 is 14.2 Å². The number of hydrogen-bond acceptors (Lipinski definition) is 6. The van der Waals surface area contributed by atoms with Gasteiger partial charge in [-0.2, -0.15) is 0 Å². The van der Waals surface area contributed by atoms with Crippen molar-refractivity contribution in [1.29, 1.82) is 0 Å². The van der Waals surface area contributed by atoms with Crippen LogP contribution in [0, 0.1) is 0 Å². The van der Waals surface area contributed by atoms with Gasteiger partial charge in [0.2, 0.25) is 0 Å². The quantitative estimate of drug-likeness (QED) is 0.0343. The van der Waals surface area contributed by atoms with Crippen molar-refractivity contribution in [1.82, 2.24) is 0 Å². The van der Waals surface area contributed by atoms with Crippen LogP contribution in [0.4, 0.5) is 0 Å². The van der Waals surface area contributed by atoms with Gasteiger partial charge in [-0.25, -0.2) is 0 Å². The van der Waals surface area contributed by atoms with Crippen molar-refractivity contribution in [3.05, 3.63) is 0 Å². The molecule has 0 heterocycles. The summed E-state index contributed by atoms with van der Waals surface area (Å²) in [4.78, 5) is 37.8. The molecule has 68 heavy (non-hydrogen) atoms. The summed E-state index contributed by atoms with van der Waals surface area (Å²) in [6.07, 6.45) is 66.0. The van der Waals surface area contributed by atoms with E-state index in [-0.39, 0.29) is 31.1 Å². The van der Waals surface area contributed by atoms with Crippen LogP contribution in [0.3, 0.4) is 0 Å². The molecule has 404 valence electrons. The maximum atomic E-state index is 12.7. The maximum absolute atomic E-state index is 12.7. The summed E-state index contributed by atoms with van der Waals surface area (Å²) in [5.74, 6) is -0.848. The molecule has 6 heteroatoms. The van der Waals surface area contributed by atoms with Crippen molar-refractivity contribution in [2.24, 2.45) is 0 Å². The van der Waals surface area contributed by atoms with Crippen LogP contribution in [0.2, 0.25) is 0 Å². The van der Waals surface area contributed by atoms with Gasteiger partial charge in [-0.05, 0) is 19.3 Å². The van der Waals surface area contributed by atoms with Crippen molar-refractivity contribution >= 4 is 17.9 Å². The highest BCUT2D eigenvalue weighted by molar-refractivity contribution is 5.71. The largest absolute Gasteiger partial charge is 0.462 e. The summed E-state index contributed by atoms with van der Waals surface area (Å²) in [7, 11) is 0. The lowest BCUT2D eigenvalue weighted by molar-refractivity contribution is -0.167. The molecule has 0 aliphatic carbocycles. The van der Waals surface area contributed by atoms with Gasteiger partial charge in [-0.15, -0.1) is 0 Å². The van der Waals surface area contributed by atoms with Crippen LogP contribution < -0.4 is 0 Å². The first kappa shape index (κ1) is 66.4. The second-order valence-electron chi connectivity index (χ2n) is 21.3. The Morgan fingerprint density at radius 3 is 0.588 bits per heavy atom. The summed E-state index contributed by atoms with van der Waals surface area (Å²) in [5, 5.41) is 0. The third kappa shape index (κ3) is 55.3. The van der Waals surface area contributed by atoms with Crippen LogP contribution in [-0.2, 0) is 28.6 Å². The first-order valence-corrected chi connectivity index (χ1v) is 31.0. The molecule has 0 aliphatic heterocycles. The monoisotopic (exact) mass is 961 g/mol. The van der Waals surface area contributed by atoms with Crippen molar-refractivity contribution in [3.63, 3.8) is 0 Å². The number of rotatable bonds is 58. The minimum absolute atomic E-state index is 0.0625. The third-order valence-electron chi connectivity index (χ3n) is 14.4. The first-order chi connectivity index (χ1) is 33.5. The Morgan fingerprint density at radius 2 is 0.397 bits per heavy atom. The molecule has 1 atom stereocenters. The number of esters is 3. The van der Waals surface area contributed by atoms with Gasteiger partial charge in [0.15, 0.2) is 6.10 Å². The highest BCUT2D eigenvalue weighted by atomic mass is 16.6. The topological polar surface area (TPSA) is 78.9 Å². The smallest absolute Gasteiger partial charge is 0.306 e. The van der Waals surface area contributed by atoms with E-state index in [1.807, 2.05) is 0 Å². The average Bonchev–Trinajstić information content (AvgIpc) is 3.34. The molecule has 0 spiro atoms. The van der Waals surface area contributed by atoms with Gasteiger partial charge in [0.05, 0.1) is 0 Å². The number of ether oxygens (including phenoxy) is 3. The van der Waals surface area contributed by atoms with Crippen LogP contribution in [0.25, 0.3) is 0 Å². The fourth-order valence-electron chi connectivity index (χ4n) is 9.68. The highest BCUT2D eigenvalue weighted by Crippen LogP contribution is 2.18. The van der Waals surface area contributed by atoms with Crippen LogP contribution in [0.5, 0.6) is 0 Å². The zero-order chi connectivity index (χ0) is 49.3. The SMILES string of the molecule is CCCCCCCCCCCCCCCCCCCCCCCCCCCCCCCCCCCC(=O)OCC(COC(=O)CCCCCCCCCC)OC(=O)CCCCCCCCCCC. The molecule has 0 saturated carbocycles. The van der Waals surface area contributed by atoms with E-state index in [0.29, 0.717) is 19.3 Å². The van der Waals surface area contributed by atoms with Crippen LogP contribution in [0.15, 0.2) is 0 Å². The van der Waals surface area contributed by atoms with E-state index in [1.54, 1.807) is 0 Å². The molecule has 0 aromatic rings. The fraction of sp³-hybridized carbons (Fsp3) is 0.952. The van der Waals surface area contributed by atoms with Gasteiger partial charge in [0.25, 0.3) is 0 Å². The highest BCUT2D eigenvalue weighted by Gasteiger charge is 2.19. The summed E-state index contributed by atoms with van der Waals surface area (Å²) in [6, 6.07) is 0. The Bertz CT molecular complexity index is 1010. The van der Waals surface area contributed by atoms with E-state index < -0.39 is 6.10 Å². The molecule has 6 nitrogen and oxygen atoms in total. The molecule has 0 N–H and O–H groups in total. The summed E-state index contributed by atoms with van der Waals surface area (Å²) >= 11 is 0. The van der Waals surface area contributed by atoms with Crippen LogP contribution in [0.1, 0.15) is 361 Å². The number of hydrogen-bond donors (Lipinski definition) is 0. The predicted octanol–water partition coefficient (Wildman–Crippen LogP) is 20.7. The van der Waals surface area contributed by atoms with Crippen molar-refractivity contribution in [2.45, 2.75) is 367 Å². The number of carbonyl (C=O) groups excluding carboxylic acids is 3. The summed E-state index contributed by atoms with van der Waals surface area (Å²) in [5.41, 5.74) is 0. The average molecular weight is 962 g/mol. The second-order valence-corrected chi connectivity index (χ2v) is 21.3. The molecule has 1 unspecified atom stereocenters. The Hall–Kier alpha value is -1.59. The molecule has 0 saturated heterocycles. The minimum Gasteiger partial charge on any atom is -0.462 e. The Morgan fingerprint density at radius 1 is 0.235 bits per heavy atom. The van der Waals surface area contributed by atoms with Crippen LogP contribution in [-0.4, -0.2) is 37.2 Å². The Kier molecular flexibility index (Phi) is 56.6. The van der Waals surface area contributed by atoms with E-state index in [1.165, 1.54) is 263 Å². The zero-order valence-electron chi connectivity index (χ0n) is 46.4. The van der Waals surface area contributed by atoms with Gasteiger partial charge in [-0.3, -0.25) is 14.4 Å². The molecule has 0 bridgehead atoms. The summed E-state index contributed by atoms with van der Waals surface area (Å²) < 4.78 is 16.8. The van der Waals surface area contributed by atoms with Crippen LogP contribution >= 0.6 is 0 Å². The van der Waals surface area contributed by atoms with Crippen molar-refractivity contribution in [3.8, 4) is 0 Å². The van der Waals surface area contributed by atoms with Gasteiger partial charge in [0, 0.05) is 19.3 Å². The van der Waals surface area contributed by atoms with E-state index >= 15 is 0 Å². The van der Waals surface area contributed by atoms with Crippen molar-refractivity contribution in [2.75, 3.05) is 13.2 Å². The van der Waals surface area contributed by atoms with Gasteiger partial charge in [-0.1, -0.05) is 323 Å². The molecule has 0 fully saturated rings. The second kappa shape index (κ2) is 58.0. The first-order valence-electron chi connectivity index (χ1n) is 31.0. The number of unbranched alkanes of at least 4 members (excludes halogenated alkanes) is 47. The molecular weight excluding hydrogens is 841 g/mol. The Labute approximate surface area is 425 Å². The molecular formula is C62H120O6. The van der Waals surface area contributed by atoms with E-state index in [9.17, 15) is 14.4 Å². The maximum Gasteiger partial charge on any atom is 0.306 e. The minimum atomic E-state index is -0.759. The Balaban J connectivity index is 3.83. The van der Waals surface area contributed by atoms with E-state index in [2.05, 4.69) is 20.8 Å². The molecule has 0 aromatic heterocycles. The van der Waals surface area contributed by atoms with Crippen molar-refractivity contribution < 1.29 is 28.6 Å². The molecule has 0 rings (SSSR count). The van der Waals surface area contributed by atoms with E-state index in [4.69, 9.17) is 14.2 Å². The lowest BCUT2D eigenvalue weighted by Gasteiger charge is -2.18. The fourth-order valence-corrected chi connectivity index (χ4v) is 9.68. The molecule has 0 amide bonds. The lowest BCUT2D eigenvalue weighted by Crippen LogP contribution is -2.30. The predicted molar refractivity (Wildman–Crippen MR) is 294 cm³/mol. The normalized spacial score (nSPS) is 11.9. The number of carbonyl (C=O) groups is 3. The third-order valence-corrected chi connectivity index (χ3v) is 14.4. The van der Waals surface area contributed by atoms with Gasteiger partial charge in [0.1, 0.15) is 13.2 Å². The molecule has 0 aliphatic rings. The van der Waals surface area contributed by atoms with Gasteiger partial charge >= 0.3 is 17.9 Å². The summed E-state index contributed by atoms with van der Waals surface area (Å²) in [6.45, 7) is 6.64. The zero-order valence-corrected chi connectivity index (χ0v) is 46.4.